The Morgan fingerprint density at radius 1 is 0.963 bits per heavy atom. The molecule has 0 saturated carbocycles. The molecule has 0 aliphatic rings. The van der Waals surface area contributed by atoms with Crippen molar-refractivity contribution in [3.8, 4) is 0 Å². The van der Waals surface area contributed by atoms with Gasteiger partial charge in [0, 0.05) is 0 Å². The van der Waals surface area contributed by atoms with Crippen molar-refractivity contribution in [2.24, 2.45) is 0 Å². The Bertz CT molecular complexity index is 895. The quantitative estimate of drug-likeness (QED) is 0.646. The highest BCUT2D eigenvalue weighted by atomic mass is 35.5. The number of halogens is 1. The minimum Gasteiger partial charge on any atom is -0.467 e. The van der Waals surface area contributed by atoms with E-state index in [2.05, 4.69) is 10.6 Å². The molecule has 138 valence electrons. The first kappa shape index (κ1) is 18.7. The van der Waals surface area contributed by atoms with Crippen LogP contribution in [0, 0.1) is 0 Å². The molecular weight excluding hydrogens is 364 g/mol. The Hall–Kier alpha value is -3.05. The predicted octanol–water partition coefficient (Wildman–Crippen LogP) is 4.11. The lowest BCUT2D eigenvalue weighted by Gasteiger charge is -2.19. The van der Waals surface area contributed by atoms with Crippen molar-refractivity contribution in [1.82, 2.24) is 10.6 Å². The van der Waals surface area contributed by atoms with Crippen LogP contribution in [0.5, 0.6) is 0 Å². The number of hydrogen-bond donors (Lipinski definition) is 2. The zero-order valence-corrected chi connectivity index (χ0v) is 15.3. The van der Waals surface area contributed by atoms with Crippen LogP contribution in [-0.2, 0) is 11.3 Å². The lowest BCUT2D eigenvalue weighted by molar-refractivity contribution is -0.121. The van der Waals surface area contributed by atoms with Gasteiger partial charge in [0.05, 0.1) is 35.9 Å². The number of nitrogens with one attached hydrogen (secondary N) is 2. The first-order valence-electron chi connectivity index (χ1n) is 8.53. The van der Waals surface area contributed by atoms with E-state index in [1.54, 1.807) is 42.7 Å². The minimum atomic E-state index is -0.480. The summed E-state index contributed by atoms with van der Waals surface area (Å²) >= 11 is 6.11. The van der Waals surface area contributed by atoms with Crippen molar-refractivity contribution in [3.05, 3.63) is 94.9 Å². The summed E-state index contributed by atoms with van der Waals surface area (Å²) in [7, 11) is 0. The summed E-state index contributed by atoms with van der Waals surface area (Å²) in [5, 5.41) is 6.07. The SMILES string of the molecule is O=C(C[C@@H](NC(=O)c1ccccc1Cl)c1ccccc1)NCc1ccco1. The molecule has 0 saturated heterocycles. The van der Waals surface area contributed by atoms with Crippen molar-refractivity contribution < 1.29 is 14.0 Å². The van der Waals surface area contributed by atoms with E-state index in [9.17, 15) is 9.59 Å². The molecular formula is C21H19ClN2O3. The van der Waals surface area contributed by atoms with E-state index in [0.29, 0.717) is 22.9 Å². The molecule has 6 heteroatoms. The number of carbonyl (C=O) groups excluding carboxylic acids is 2. The third-order valence-corrected chi connectivity index (χ3v) is 4.38. The maximum absolute atomic E-state index is 12.6. The van der Waals surface area contributed by atoms with Crippen LogP contribution in [0.15, 0.2) is 77.4 Å². The average Bonchev–Trinajstić information content (AvgIpc) is 3.20. The smallest absolute Gasteiger partial charge is 0.253 e. The molecule has 0 radical (unpaired) electrons. The van der Waals surface area contributed by atoms with Crippen LogP contribution in [0.1, 0.15) is 34.1 Å². The summed E-state index contributed by atoms with van der Waals surface area (Å²) in [5.41, 5.74) is 1.21. The molecule has 1 heterocycles. The van der Waals surface area contributed by atoms with Crippen LogP contribution in [0.2, 0.25) is 5.02 Å². The van der Waals surface area contributed by atoms with Crippen LogP contribution >= 0.6 is 11.6 Å². The molecule has 0 bridgehead atoms. The van der Waals surface area contributed by atoms with Gasteiger partial charge in [-0.3, -0.25) is 9.59 Å². The van der Waals surface area contributed by atoms with E-state index in [1.165, 1.54) is 0 Å². The van der Waals surface area contributed by atoms with E-state index in [0.717, 1.165) is 5.56 Å². The highest BCUT2D eigenvalue weighted by molar-refractivity contribution is 6.33. The van der Waals surface area contributed by atoms with Crippen molar-refractivity contribution >= 4 is 23.4 Å². The summed E-state index contributed by atoms with van der Waals surface area (Å²) in [4.78, 5) is 25.0. The Kier molecular flexibility index (Phi) is 6.28. The first-order valence-corrected chi connectivity index (χ1v) is 8.90. The van der Waals surface area contributed by atoms with Gasteiger partial charge in [0.15, 0.2) is 0 Å². The molecule has 1 aromatic heterocycles. The fraction of sp³-hybridized carbons (Fsp3) is 0.143. The Morgan fingerprint density at radius 2 is 1.70 bits per heavy atom. The van der Waals surface area contributed by atoms with Gasteiger partial charge in [-0.25, -0.2) is 0 Å². The topological polar surface area (TPSA) is 71.3 Å². The lowest BCUT2D eigenvalue weighted by Crippen LogP contribution is -2.33. The Balaban J connectivity index is 1.70. The molecule has 27 heavy (non-hydrogen) atoms. The van der Waals surface area contributed by atoms with E-state index in [4.69, 9.17) is 16.0 Å². The largest absolute Gasteiger partial charge is 0.467 e. The molecule has 2 N–H and O–H groups in total. The molecule has 5 nitrogen and oxygen atoms in total. The number of hydrogen-bond acceptors (Lipinski definition) is 3. The second kappa shape index (κ2) is 9.05. The molecule has 0 aliphatic carbocycles. The van der Waals surface area contributed by atoms with Crippen molar-refractivity contribution in [1.29, 1.82) is 0 Å². The Labute approximate surface area is 162 Å². The fourth-order valence-corrected chi connectivity index (χ4v) is 2.90. The number of benzene rings is 2. The van der Waals surface area contributed by atoms with E-state index in [-0.39, 0.29) is 18.2 Å². The van der Waals surface area contributed by atoms with E-state index in [1.807, 2.05) is 30.3 Å². The first-order chi connectivity index (χ1) is 13.1. The maximum Gasteiger partial charge on any atom is 0.253 e. The normalized spacial score (nSPS) is 11.6. The van der Waals surface area contributed by atoms with Gasteiger partial charge < -0.3 is 15.1 Å². The van der Waals surface area contributed by atoms with Gasteiger partial charge in [-0.15, -0.1) is 0 Å². The standard InChI is InChI=1S/C21H19ClN2O3/c22-18-11-5-4-10-17(18)21(26)24-19(15-7-2-1-3-8-15)13-20(25)23-14-16-9-6-12-27-16/h1-12,19H,13-14H2,(H,23,25)(H,24,26)/t19-/m1/s1. The van der Waals surface area contributed by atoms with Crippen LogP contribution in [0.3, 0.4) is 0 Å². The monoisotopic (exact) mass is 382 g/mol. The fourth-order valence-electron chi connectivity index (χ4n) is 2.68. The second-order valence-corrected chi connectivity index (χ2v) is 6.38. The van der Waals surface area contributed by atoms with Crippen molar-refractivity contribution in [2.45, 2.75) is 19.0 Å². The third-order valence-electron chi connectivity index (χ3n) is 4.06. The molecule has 1 atom stereocenters. The summed E-state index contributed by atoms with van der Waals surface area (Å²) in [5.74, 6) is 0.146. The average molecular weight is 383 g/mol. The van der Waals surface area contributed by atoms with Gasteiger partial charge >= 0.3 is 0 Å². The summed E-state index contributed by atoms with van der Waals surface area (Å²) in [6.45, 7) is 0.297. The van der Waals surface area contributed by atoms with Gasteiger partial charge in [-0.05, 0) is 29.8 Å². The van der Waals surface area contributed by atoms with E-state index >= 15 is 0 Å². The summed E-state index contributed by atoms with van der Waals surface area (Å²) in [6, 6.07) is 19.2. The zero-order valence-electron chi connectivity index (χ0n) is 14.5. The molecule has 2 aromatic carbocycles. The van der Waals surface area contributed by atoms with Crippen molar-refractivity contribution in [3.63, 3.8) is 0 Å². The number of amides is 2. The number of carbonyl (C=O) groups is 2. The van der Waals surface area contributed by atoms with Crippen molar-refractivity contribution in [2.75, 3.05) is 0 Å². The van der Waals surface area contributed by atoms with Gasteiger partial charge in [0.25, 0.3) is 5.91 Å². The summed E-state index contributed by atoms with van der Waals surface area (Å²) < 4.78 is 5.21. The van der Waals surface area contributed by atoms with Crippen LogP contribution in [0.25, 0.3) is 0 Å². The second-order valence-electron chi connectivity index (χ2n) is 5.98. The van der Waals surface area contributed by atoms with Gasteiger partial charge in [0.2, 0.25) is 5.91 Å². The minimum absolute atomic E-state index is 0.0981. The number of rotatable bonds is 7. The predicted molar refractivity (Wildman–Crippen MR) is 103 cm³/mol. The molecule has 0 fully saturated rings. The Morgan fingerprint density at radius 3 is 2.41 bits per heavy atom. The zero-order chi connectivity index (χ0) is 19.1. The third kappa shape index (κ3) is 5.21. The van der Waals surface area contributed by atoms with Crippen LogP contribution < -0.4 is 10.6 Å². The molecule has 0 spiro atoms. The molecule has 0 unspecified atom stereocenters. The molecule has 3 rings (SSSR count). The molecule has 2 amide bonds. The summed E-state index contributed by atoms with van der Waals surface area (Å²) in [6.07, 6.45) is 1.65. The highest BCUT2D eigenvalue weighted by Crippen LogP contribution is 2.20. The van der Waals surface area contributed by atoms with Gasteiger partial charge in [0.1, 0.15) is 5.76 Å². The number of furan rings is 1. The van der Waals surface area contributed by atoms with Gasteiger partial charge in [-0.1, -0.05) is 54.1 Å². The van der Waals surface area contributed by atoms with Crippen LogP contribution in [-0.4, -0.2) is 11.8 Å². The highest BCUT2D eigenvalue weighted by Gasteiger charge is 2.20. The van der Waals surface area contributed by atoms with E-state index < -0.39 is 6.04 Å². The maximum atomic E-state index is 12.6. The van der Waals surface area contributed by atoms with Gasteiger partial charge in [-0.2, -0.15) is 0 Å². The molecule has 3 aromatic rings. The lowest BCUT2D eigenvalue weighted by atomic mass is 10.0. The van der Waals surface area contributed by atoms with Crippen LogP contribution in [0.4, 0.5) is 0 Å². The molecule has 0 aliphatic heterocycles.